The van der Waals surface area contributed by atoms with E-state index in [-0.39, 0.29) is 23.5 Å². The lowest BCUT2D eigenvalue weighted by Gasteiger charge is -2.15. The van der Waals surface area contributed by atoms with Gasteiger partial charge in [0.1, 0.15) is 28.0 Å². The van der Waals surface area contributed by atoms with Crippen LogP contribution in [0.1, 0.15) is 45.6 Å². The predicted molar refractivity (Wildman–Crippen MR) is 89.0 cm³/mol. The molecule has 2 aromatic rings. The molecule has 0 fully saturated rings. The minimum Gasteiger partial charge on any atom is -0.457 e. The number of hydrogen-bond acceptors (Lipinski definition) is 5. The average Bonchev–Trinajstić information content (AvgIpc) is 2.96. The topological polar surface area (TPSA) is 84.2 Å². The Hall–Kier alpha value is -2.72. The van der Waals surface area contributed by atoms with Crippen LogP contribution < -0.4 is 4.74 Å². The first-order valence-corrected chi connectivity index (χ1v) is 8.86. The van der Waals surface area contributed by atoms with Crippen LogP contribution in [0.5, 0.6) is 11.5 Å². The number of hydrogen-bond donors (Lipinski definition) is 1. The van der Waals surface area contributed by atoms with Crippen LogP contribution in [0.4, 0.5) is 4.39 Å². The third kappa shape index (κ3) is 3.26. The van der Waals surface area contributed by atoms with Crippen LogP contribution in [0.25, 0.3) is 0 Å². The first-order chi connectivity index (χ1) is 11.9. The van der Waals surface area contributed by atoms with Gasteiger partial charge in [0.25, 0.3) is 0 Å². The van der Waals surface area contributed by atoms with E-state index in [1.165, 1.54) is 13.0 Å². The highest BCUT2D eigenvalue weighted by Gasteiger charge is 2.29. The maximum atomic E-state index is 13.6. The van der Waals surface area contributed by atoms with E-state index in [1.807, 2.05) is 6.07 Å². The highest BCUT2D eigenvalue weighted by atomic mass is 32.2. The number of thiol groups is 1. The highest BCUT2D eigenvalue weighted by molar-refractivity contribution is 7.72. The predicted octanol–water partition coefficient (Wildman–Crippen LogP) is 3.29. The van der Waals surface area contributed by atoms with Gasteiger partial charge in [-0.05, 0) is 37.1 Å². The summed E-state index contributed by atoms with van der Waals surface area (Å²) >= 11 is 0. The van der Waals surface area contributed by atoms with Crippen LogP contribution in [0.3, 0.4) is 0 Å². The van der Waals surface area contributed by atoms with Crippen molar-refractivity contribution in [3.05, 3.63) is 58.4 Å². The van der Waals surface area contributed by atoms with E-state index >= 15 is 0 Å². The number of rotatable bonds is 4. The third-order valence-corrected chi connectivity index (χ3v) is 5.09. The zero-order chi connectivity index (χ0) is 18.1. The molecule has 0 N–H and O–H groups in total. The molecule has 0 saturated carbocycles. The molecule has 25 heavy (non-hydrogen) atoms. The average molecular weight is 359 g/mol. The van der Waals surface area contributed by atoms with Gasteiger partial charge in [-0.25, -0.2) is 12.8 Å². The van der Waals surface area contributed by atoms with Crippen molar-refractivity contribution in [1.29, 1.82) is 5.26 Å². The largest absolute Gasteiger partial charge is 0.457 e. The number of halogens is 1. The molecule has 1 aliphatic rings. The molecule has 0 spiro atoms. The summed E-state index contributed by atoms with van der Waals surface area (Å²) in [6.45, 7) is 1.53. The number of benzene rings is 2. The van der Waals surface area contributed by atoms with Gasteiger partial charge in [0, 0.05) is 23.6 Å². The van der Waals surface area contributed by atoms with E-state index in [1.54, 1.807) is 12.1 Å². The minimum absolute atomic E-state index is 0.122. The molecule has 0 heterocycles. The molecule has 0 radical (unpaired) electrons. The first kappa shape index (κ1) is 17.1. The number of ketones is 1. The van der Waals surface area contributed by atoms with E-state index in [9.17, 15) is 17.6 Å². The smallest absolute Gasteiger partial charge is 0.163 e. The fourth-order valence-electron chi connectivity index (χ4n) is 2.96. The Kier molecular flexibility index (Phi) is 4.55. The number of carbonyl (C=O) groups excluding carboxylic acids is 1. The van der Waals surface area contributed by atoms with E-state index in [0.29, 0.717) is 28.9 Å². The summed E-state index contributed by atoms with van der Waals surface area (Å²) in [5.74, 6) is -0.215. The Balaban J connectivity index is 2.07. The lowest BCUT2D eigenvalue weighted by molar-refractivity contribution is 0.0993. The van der Waals surface area contributed by atoms with Crippen molar-refractivity contribution < 1.29 is 22.3 Å². The van der Waals surface area contributed by atoms with Gasteiger partial charge in [-0.2, -0.15) is 5.26 Å². The Morgan fingerprint density at radius 3 is 2.68 bits per heavy atom. The fourth-order valence-corrected chi connectivity index (χ4v) is 3.40. The molecule has 5 nitrogen and oxygen atoms in total. The van der Waals surface area contributed by atoms with Crippen LogP contribution in [-0.2, 0) is 17.1 Å². The lowest BCUT2D eigenvalue weighted by Crippen LogP contribution is -2.05. The summed E-state index contributed by atoms with van der Waals surface area (Å²) < 4.78 is 41.9. The van der Waals surface area contributed by atoms with Crippen molar-refractivity contribution in [2.45, 2.75) is 25.0 Å². The summed E-state index contributed by atoms with van der Waals surface area (Å²) in [5, 5.41) is 8.14. The number of nitriles is 1. The van der Waals surface area contributed by atoms with Crippen molar-refractivity contribution >= 4 is 16.5 Å². The number of Topliss-reactive ketones (excluding diaryl/α,β-unsaturated/α-hetero) is 1. The molecule has 3 rings (SSSR count). The second-order valence-electron chi connectivity index (χ2n) is 5.78. The van der Waals surface area contributed by atoms with Crippen LogP contribution >= 0.6 is 0 Å². The molecule has 1 atom stereocenters. The van der Waals surface area contributed by atoms with Crippen LogP contribution in [0, 0.1) is 17.1 Å². The number of carbonyl (C=O) groups is 1. The van der Waals surface area contributed by atoms with Gasteiger partial charge in [0.2, 0.25) is 0 Å². The van der Waals surface area contributed by atoms with E-state index in [4.69, 9.17) is 10.00 Å². The summed E-state index contributed by atoms with van der Waals surface area (Å²) in [5.41, 5.74) is 1.57. The highest BCUT2D eigenvalue weighted by Crippen LogP contribution is 2.38. The maximum Gasteiger partial charge on any atom is 0.163 e. The monoisotopic (exact) mass is 359 g/mol. The van der Waals surface area contributed by atoms with Gasteiger partial charge in [0.05, 0.1) is 16.9 Å². The third-order valence-electron chi connectivity index (χ3n) is 4.18. The van der Waals surface area contributed by atoms with Gasteiger partial charge in [-0.3, -0.25) is 4.79 Å². The Labute approximate surface area is 145 Å². The molecule has 1 aliphatic carbocycles. The normalized spacial score (nSPS) is 14.2. The molecule has 0 aliphatic heterocycles. The Morgan fingerprint density at radius 1 is 1.24 bits per heavy atom. The molecule has 0 bridgehead atoms. The fraction of sp³-hybridized carbons (Fsp3) is 0.222. The van der Waals surface area contributed by atoms with Gasteiger partial charge >= 0.3 is 0 Å². The number of nitrogens with zero attached hydrogens (tertiary/aromatic N) is 1. The van der Waals surface area contributed by atoms with E-state index in [2.05, 4.69) is 0 Å². The molecular weight excluding hydrogens is 345 g/mol. The van der Waals surface area contributed by atoms with Crippen molar-refractivity contribution in [2.24, 2.45) is 0 Å². The Bertz CT molecular complexity index is 983. The molecule has 0 saturated heterocycles. The van der Waals surface area contributed by atoms with Crippen LogP contribution in [-0.4, -0.2) is 14.2 Å². The van der Waals surface area contributed by atoms with E-state index < -0.39 is 21.8 Å². The van der Waals surface area contributed by atoms with Gasteiger partial charge in [-0.15, -0.1) is 0 Å². The van der Waals surface area contributed by atoms with Gasteiger partial charge in [0.15, 0.2) is 5.78 Å². The second kappa shape index (κ2) is 6.65. The standard InChI is InChI=1S/C18H14FNO4S/c1-10(25(22)23)14-3-5-17(15-2-4-16(21)18(14)15)24-13-7-11(9-20)6-12(19)8-13/h3,5-8,10,25H,2,4H2,1H3. The summed E-state index contributed by atoms with van der Waals surface area (Å²) in [7, 11) is -2.71. The van der Waals surface area contributed by atoms with Gasteiger partial charge in [-0.1, -0.05) is 6.07 Å². The summed E-state index contributed by atoms with van der Waals surface area (Å²) in [4.78, 5) is 12.2. The van der Waals surface area contributed by atoms with Crippen molar-refractivity contribution in [3.63, 3.8) is 0 Å². The zero-order valence-electron chi connectivity index (χ0n) is 13.3. The van der Waals surface area contributed by atoms with Crippen molar-refractivity contribution in [2.75, 3.05) is 0 Å². The molecule has 7 heteroatoms. The molecule has 0 aromatic heterocycles. The van der Waals surface area contributed by atoms with Crippen LogP contribution in [0.2, 0.25) is 0 Å². The minimum atomic E-state index is -2.71. The number of fused-ring (bicyclic) bond motifs is 1. The maximum absolute atomic E-state index is 13.6. The SMILES string of the molecule is CC(c1ccc(Oc2cc(F)cc(C#N)c2)c2c1C(=O)CC2)[SH](=O)=O. The summed E-state index contributed by atoms with van der Waals surface area (Å²) in [6.07, 6.45) is 0.706. The zero-order valence-corrected chi connectivity index (χ0v) is 14.2. The molecule has 2 aromatic carbocycles. The molecule has 128 valence electrons. The number of ether oxygens (including phenoxy) is 1. The van der Waals surface area contributed by atoms with Crippen LogP contribution in [0.15, 0.2) is 30.3 Å². The Morgan fingerprint density at radius 2 is 2.00 bits per heavy atom. The second-order valence-corrected chi connectivity index (χ2v) is 7.13. The molecular formula is C18H14FNO4S. The summed E-state index contributed by atoms with van der Waals surface area (Å²) in [6, 6.07) is 8.63. The van der Waals surface area contributed by atoms with Crippen molar-refractivity contribution in [3.8, 4) is 17.6 Å². The van der Waals surface area contributed by atoms with E-state index in [0.717, 1.165) is 12.1 Å². The lowest BCUT2D eigenvalue weighted by atomic mass is 9.99. The van der Waals surface area contributed by atoms with Gasteiger partial charge < -0.3 is 4.74 Å². The first-order valence-electron chi connectivity index (χ1n) is 7.61. The van der Waals surface area contributed by atoms with Crippen molar-refractivity contribution in [1.82, 2.24) is 0 Å². The quantitative estimate of drug-likeness (QED) is 0.847. The molecule has 1 unspecified atom stereocenters. The molecule has 0 amide bonds.